The van der Waals surface area contributed by atoms with Gasteiger partial charge in [0, 0.05) is 0 Å². The largest absolute Gasteiger partial charge is 0.497 e. The van der Waals surface area contributed by atoms with Crippen molar-refractivity contribution in [3.8, 4) is 5.75 Å². The molecule has 0 saturated carbocycles. The number of anilines is 2. The van der Waals surface area contributed by atoms with Crippen molar-refractivity contribution in [1.29, 1.82) is 0 Å². The van der Waals surface area contributed by atoms with Crippen LogP contribution in [0.2, 0.25) is 0 Å². The second-order valence-corrected chi connectivity index (χ2v) is 5.87. The van der Waals surface area contributed by atoms with Gasteiger partial charge in [-0.25, -0.2) is 4.68 Å². The minimum Gasteiger partial charge on any atom is -0.497 e. The van der Waals surface area contributed by atoms with E-state index in [1.807, 2.05) is 35.0 Å². The molecular formula is C18H19N5O. The molecule has 2 heterocycles. The minimum absolute atomic E-state index is 0.0865. The van der Waals surface area contributed by atoms with Crippen molar-refractivity contribution in [2.24, 2.45) is 0 Å². The van der Waals surface area contributed by atoms with Crippen LogP contribution in [0, 0.1) is 0 Å². The van der Waals surface area contributed by atoms with Crippen molar-refractivity contribution < 1.29 is 4.74 Å². The van der Waals surface area contributed by atoms with Gasteiger partial charge in [-0.15, -0.1) is 5.10 Å². The molecule has 0 radical (unpaired) electrons. The van der Waals surface area contributed by atoms with E-state index in [0.717, 1.165) is 17.7 Å². The molecule has 122 valence electrons. The van der Waals surface area contributed by atoms with E-state index in [4.69, 9.17) is 10.5 Å². The van der Waals surface area contributed by atoms with Crippen molar-refractivity contribution in [2.75, 3.05) is 18.2 Å². The van der Waals surface area contributed by atoms with E-state index in [1.165, 1.54) is 5.56 Å². The van der Waals surface area contributed by atoms with Gasteiger partial charge >= 0.3 is 0 Å². The Balaban J connectivity index is 1.75. The second-order valence-electron chi connectivity index (χ2n) is 5.87. The Morgan fingerprint density at radius 2 is 1.92 bits per heavy atom. The molecular weight excluding hydrogens is 302 g/mol. The summed E-state index contributed by atoms with van der Waals surface area (Å²) in [5, 5.41) is 7.81. The fourth-order valence-corrected chi connectivity index (χ4v) is 3.22. The van der Waals surface area contributed by atoms with Crippen LogP contribution in [0.1, 0.15) is 29.6 Å². The summed E-state index contributed by atoms with van der Waals surface area (Å²) in [6.07, 6.45) is 0.854. The fraction of sp³-hybridized carbons (Fsp3) is 0.222. The van der Waals surface area contributed by atoms with Gasteiger partial charge in [0.15, 0.2) is 0 Å². The molecule has 4 rings (SSSR count). The first-order valence-electron chi connectivity index (χ1n) is 7.92. The summed E-state index contributed by atoms with van der Waals surface area (Å²) in [4.78, 5) is 4.33. The molecule has 24 heavy (non-hydrogen) atoms. The molecule has 1 aliphatic heterocycles. The van der Waals surface area contributed by atoms with Gasteiger partial charge in [-0.2, -0.15) is 4.98 Å². The molecule has 0 bridgehead atoms. The highest BCUT2D eigenvalue weighted by Gasteiger charge is 2.30. The molecule has 3 N–H and O–H groups in total. The summed E-state index contributed by atoms with van der Waals surface area (Å²) in [6.45, 7) is 0. The molecule has 0 fully saturated rings. The Morgan fingerprint density at radius 3 is 2.71 bits per heavy atom. The maximum Gasteiger partial charge on any atom is 0.241 e. The normalized spacial score (nSPS) is 19.4. The third-order valence-electron chi connectivity index (χ3n) is 4.39. The van der Waals surface area contributed by atoms with E-state index < -0.39 is 0 Å². The number of nitrogens with zero attached hydrogens (tertiary/aromatic N) is 3. The van der Waals surface area contributed by atoms with E-state index in [2.05, 4.69) is 39.7 Å². The van der Waals surface area contributed by atoms with Crippen LogP contribution in [0.25, 0.3) is 0 Å². The van der Waals surface area contributed by atoms with Gasteiger partial charge in [-0.05, 0) is 29.7 Å². The quantitative estimate of drug-likeness (QED) is 0.775. The zero-order valence-corrected chi connectivity index (χ0v) is 13.4. The predicted octanol–water partition coefficient (Wildman–Crippen LogP) is 3.02. The number of fused-ring (bicyclic) bond motifs is 1. The van der Waals surface area contributed by atoms with Crippen LogP contribution in [0.15, 0.2) is 54.6 Å². The standard InChI is InChI=1S/C18H19N5O/c1-24-14-9-5-8-13(10-14)15-11-16(12-6-3-2-4-7-12)23-18(20-15)21-17(19)22-23/h2-10,15-16H,11H2,1H3,(H3,19,20,21,22)/t15-,16+/m0/s1. The van der Waals surface area contributed by atoms with Gasteiger partial charge in [0.1, 0.15) is 5.75 Å². The van der Waals surface area contributed by atoms with Crippen LogP contribution < -0.4 is 15.8 Å². The zero-order chi connectivity index (χ0) is 16.5. The van der Waals surface area contributed by atoms with E-state index in [0.29, 0.717) is 5.95 Å². The number of nitrogens with two attached hydrogens (primary N) is 1. The van der Waals surface area contributed by atoms with Gasteiger partial charge in [0.05, 0.1) is 19.2 Å². The van der Waals surface area contributed by atoms with Crippen molar-refractivity contribution in [3.63, 3.8) is 0 Å². The third-order valence-corrected chi connectivity index (χ3v) is 4.39. The number of nitrogens with one attached hydrogen (secondary N) is 1. The Morgan fingerprint density at radius 1 is 1.12 bits per heavy atom. The number of hydrogen-bond acceptors (Lipinski definition) is 5. The SMILES string of the molecule is COc1cccc([C@@H]2C[C@H](c3ccccc3)n3nc(N)nc3N2)c1. The number of benzene rings is 2. The fourth-order valence-electron chi connectivity index (χ4n) is 3.22. The molecule has 0 saturated heterocycles. The molecule has 1 aliphatic rings. The number of rotatable bonds is 3. The summed E-state index contributed by atoms with van der Waals surface area (Å²) in [6, 6.07) is 18.6. The third kappa shape index (κ3) is 2.56. The predicted molar refractivity (Wildman–Crippen MR) is 93.0 cm³/mol. The summed E-state index contributed by atoms with van der Waals surface area (Å²) in [5.74, 6) is 1.82. The Kier molecular flexibility index (Phi) is 3.57. The Bertz CT molecular complexity index is 846. The van der Waals surface area contributed by atoms with Crippen molar-refractivity contribution in [3.05, 3.63) is 65.7 Å². The van der Waals surface area contributed by atoms with Crippen molar-refractivity contribution in [1.82, 2.24) is 14.8 Å². The monoisotopic (exact) mass is 321 g/mol. The van der Waals surface area contributed by atoms with Crippen LogP contribution in [-0.4, -0.2) is 21.9 Å². The maximum absolute atomic E-state index is 5.83. The Hall–Kier alpha value is -3.02. The average Bonchev–Trinajstić information content (AvgIpc) is 3.01. The second kappa shape index (κ2) is 5.88. The molecule has 2 aromatic carbocycles. The van der Waals surface area contributed by atoms with Crippen LogP contribution in [0.5, 0.6) is 5.75 Å². The van der Waals surface area contributed by atoms with Gasteiger partial charge in [0.25, 0.3) is 0 Å². The first kappa shape index (κ1) is 14.6. The zero-order valence-electron chi connectivity index (χ0n) is 13.4. The van der Waals surface area contributed by atoms with Gasteiger partial charge in [-0.3, -0.25) is 0 Å². The maximum atomic E-state index is 5.83. The lowest BCUT2D eigenvalue weighted by Crippen LogP contribution is -2.28. The number of aromatic nitrogens is 3. The smallest absolute Gasteiger partial charge is 0.241 e. The van der Waals surface area contributed by atoms with E-state index in [-0.39, 0.29) is 18.0 Å². The lowest BCUT2D eigenvalue weighted by molar-refractivity contribution is 0.410. The van der Waals surface area contributed by atoms with Crippen molar-refractivity contribution in [2.45, 2.75) is 18.5 Å². The molecule has 1 aromatic heterocycles. The molecule has 3 aromatic rings. The van der Waals surface area contributed by atoms with Crippen LogP contribution in [0.4, 0.5) is 11.9 Å². The number of methoxy groups -OCH3 is 1. The van der Waals surface area contributed by atoms with E-state index in [1.54, 1.807) is 7.11 Å². The highest BCUT2D eigenvalue weighted by molar-refractivity contribution is 5.43. The molecule has 0 unspecified atom stereocenters. The highest BCUT2D eigenvalue weighted by Crippen LogP contribution is 2.38. The van der Waals surface area contributed by atoms with Crippen molar-refractivity contribution >= 4 is 11.9 Å². The summed E-state index contributed by atoms with van der Waals surface area (Å²) in [5.41, 5.74) is 8.17. The Labute approximate surface area is 140 Å². The minimum atomic E-state index is 0.0865. The van der Waals surface area contributed by atoms with Crippen LogP contribution in [-0.2, 0) is 0 Å². The summed E-state index contributed by atoms with van der Waals surface area (Å²) < 4.78 is 7.23. The number of nitrogen functional groups attached to an aromatic ring is 1. The van der Waals surface area contributed by atoms with Gasteiger partial charge in [0.2, 0.25) is 11.9 Å². The lowest BCUT2D eigenvalue weighted by Gasteiger charge is -2.31. The average molecular weight is 321 g/mol. The highest BCUT2D eigenvalue weighted by atomic mass is 16.5. The molecule has 0 amide bonds. The molecule has 0 aliphatic carbocycles. The lowest BCUT2D eigenvalue weighted by atomic mass is 9.93. The number of hydrogen-bond donors (Lipinski definition) is 2. The molecule has 0 spiro atoms. The van der Waals surface area contributed by atoms with Crippen LogP contribution >= 0.6 is 0 Å². The summed E-state index contributed by atoms with van der Waals surface area (Å²) in [7, 11) is 1.68. The van der Waals surface area contributed by atoms with Gasteiger partial charge < -0.3 is 15.8 Å². The molecule has 6 nitrogen and oxygen atoms in total. The topological polar surface area (TPSA) is 78.0 Å². The van der Waals surface area contributed by atoms with E-state index >= 15 is 0 Å². The summed E-state index contributed by atoms with van der Waals surface area (Å²) >= 11 is 0. The first-order chi connectivity index (χ1) is 11.7. The van der Waals surface area contributed by atoms with E-state index in [9.17, 15) is 0 Å². The first-order valence-corrected chi connectivity index (χ1v) is 7.92. The molecule has 2 atom stereocenters. The number of ether oxygens (including phenoxy) is 1. The van der Waals surface area contributed by atoms with Crippen LogP contribution in [0.3, 0.4) is 0 Å². The molecule has 6 heteroatoms. The van der Waals surface area contributed by atoms with Gasteiger partial charge in [-0.1, -0.05) is 42.5 Å².